The summed E-state index contributed by atoms with van der Waals surface area (Å²) in [7, 11) is 0. The maximum Gasteiger partial charge on any atom is 0.267 e. The number of rotatable bonds is 5. The first-order chi connectivity index (χ1) is 9.61. The van der Waals surface area contributed by atoms with Gasteiger partial charge in [0.25, 0.3) is 5.56 Å². The Bertz CT molecular complexity index is 654. The zero-order valence-corrected chi connectivity index (χ0v) is 13.7. The highest BCUT2D eigenvalue weighted by Gasteiger charge is 2.06. The van der Waals surface area contributed by atoms with Gasteiger partial charge in [0.2, 0.25) is 0 Å². The molecule has 2 aromatic heterocycles. The molecule has 0 aliphatic heterocycles. The molecular formula is C14H17IN4O. The van der Waals surface area contributed by atoms with Crippen LogP contribution < -0.4 is 10.9 Å². The number of nitrogens with zero attached hydrogens (tertiary/aromatic N) is 3. The van der Waals surface area contributed by atoms with Crippen molar-refractivity contribution in [2.75, 3.05) is 11.9 Å². The van der Waals surface area contributed by atoms with Crippen LogP contribution in [0.5, 0.6) is 0 Å². The van der Waals surface area contributed by atoms with Crippen molar-refractivity contribution in [3.05, 3.63) is 49.8 Å². The van der Waals surface area contributed by atoms with Gasteiger partial charge in [0.15, 0.2) is 0 Å². The highest BCUT2D eigenvalue weighted by atomic mass is 127. The Morgan fingerprint density at radius 1 is 1.40 bits per heavy atom. The van der Waals surface area contributed by atoms with E-state index in [0.717, 1.165) is 30.2 Å². The van der Waals surface area contributed by atoms with Gasteiger partial charge in [-0.1, -0.05) is 13.0 Å². The first-order valence-electron chi connectivity index (χ1n) is 6.53. The van der Waals surface area contributed by atoms with E-state index in [4.69, 9.17) is 0 Å². The van der Waals surface area contributed by atoms with Gasteiger partial charge in [0, 0.05) is 6.54 Å². The van der Waals surface area contributed by atoms with E-state index in [9.17, 15) is 4.79 Å². The van der Waals surface area contributed by atoms with Crippen LogP contribution in [-0.2, 0) is 6.54 Å². The second-order valence-corrected chi connectivity index (χ2v) is 5.60. The first-order valence-corrected chi connectivity index (χ1v) is 7.61. The SMILES string of the molecule is CCCNc1cccc(Cn2cnc(C)c(I)c2=O)n1. The quantitative estimate of drug-likeness (QED) is 0.805. The molecule has 2 rings (SSSR count). The van der Waals surface area contributed by atoms with Gasteiger partial charge in [-0.05, 0) is 48.1 Å². The van der Waals surface area contributed by atoms with E-state index in [-0.39, 0.29) is 5.56 Å². The lowest BCUT2D eigenvalue weighted by atomic mass is 10.3. The molecule has 0 aromatic carbocycles. The maximum absolute atomic E-state index is 12.1. The van der Waals surface area contributed by atoms with Gasteiger partial charge in [0.1, 0.15) is 5.82 Å². The average Bonchev–Trinajstić information content (AvgIpc) is 2.46. The van der Waals surface area contributed by atoms with E-state index >= 15 is 0 Å². The van der Waals surface area contributed by atoms with Gasteiger partial charge in [-0.3, -0.25) is 9.36 Å². The number of anilines is 1. The van der Waals surface area contributed by atoms with Crippen LogP contribution in [0.25, 0.3) is 0 Å². The highest BCUT2D eigenvalue weighted by molar-refractivity contribution is 14.1. The van der Waals surface area contributed by atoms with Crippen LogP contribution in [0.4, 0.5) is 5.82 Å². The van der Waals surface area contributed by atoms with E-state index in [0.29, 0.717) is 10.1 Å². The number of hydrogen-bond acceptors (Lipinski definition) is 4. The summed E-state index contributed by atoms with van der Waals surface area (Å²) in [4.78, 5) is 20.8. The van der Waals surface area contributed by atoms with Crippen molar-refractivity contribution in [2.24, 2.45) is 0 Å². The van der Waals surface area contributed by atoms with E-state index in [2.05, 4.69) is 22.2 Å². The second-order valence-electron chi connectivity index (χ2n) is 4.52. The van der Waals surface area contributed by atoms with Gasteiger partial charge < -0.3 is 5.32 Å². The van der Waals surface area contributed by atoms with Crippen LogP contribution in [-0.4, -0.2) is 21.1 Å². The largest absolute Gasteiger partial charge is 0.370 e. The lowest BCUT2D eigenvalue weighted by Crippen LogP contribution is -2.25. The lowest BCUT2D eigenvalue weighted by molar-refractivity contribution is 0.708. The van der Waals surface area contributed by atoms with E-state index < -0.39 is 0 Å². The zero-order valence-electron chi connectivity index (χ0n) is 11.6. The van der Waals surface area contributed by atoms with Crippen LogP contribution >= 0.6 is 22.6 Å². The zero-order chi connectivity index (χ0) is 14.5. The Balaban J connectivity index is 2.22. The van der Waals surface area contributed by atoms with Crippen LogP contribution in [0, 0.1) is 10.5 Å². The third-order valence-corrected chi connectivity index (χ3v) is 4.09. The van der Waals surface area contributed by atoms with Crippen LogP contribution in [0.15, 0.2) is 29.3 Å². The fourth-order valence-corrected chi connectivity index (χ4v) is 2.20. The molecule has 6 heteroatoms. The molecule has 0 bridgehead atoms. The molecule has 2 heterocycles. The summed E-state index contributed by atoms with van der Waals surface area (Å²) >= 11 is 2.03. The summed E-state index contributed by atoms with van der Waals surface area (Å²) in [5, 5.41) is 3.24. The normalized spacial score (nSPS) is 10.6. The minimum Gasteiger partial charge on any atom is -0.370 e. The standard InChI is InChI=1S/C14H17IN4O/c1-3-7-16-12-6-4-5-11(18-12)8-19-9-17-10(2)13(15)14(19)20/h4-6,9H,3,7-8H2,1-2H3,(H,16,18). The summed E-state index contributed by atoms with van der Waals surface area (Å²) in [5.74, 6) is 0.840. The summed E-state index contributed by atoms with van der Waals surface area (Å²) < 4.78 is 2.24. The topological polar surface area (TPSA) is 59.8 Å². The molecule has 0 saturated heterocycles. The Hall–Kier alpha value is -1.44. The number of nitrogens with one attached hydrogen (secondary N) is 1. The molecule has 20 heavy (non-hydrogen) atoms. The van der Waals surface area contributed by atoms with Gasteiger partial charge >= 0.3 is 0 Å². The Morgan fingerprint density at radius 3 is 2.95 bits per heavy atom. The molecule has 1 N–H and O–H groups in total. The monoisotopic (exact) mass is 384 g/mol. The third-order valence-electron chi connectivity index (χ3n) is 2.85. The molecule has 0 amide bonds. The lowest BCUT2D eigenvalue weighted by Gasteiger charge is -2.09. The van der Waals surface area contributed by atoms with Crippen LogP contribution in [0.2, 0.25) is 0 Å². The summed E-state index contributed by atoms with van der Waals surface area (Å²) in [6.45, 7) is 5.27. The number of pyridine rings is 1. The van der Waals surface area contributed by atoms with Crippen molar-refractivity contribution in [3.8, 4) is 0 Å². The molecule has 0 atom stereocenters. The van der Waals surface area contributed by atoms with Crippen LogP contribution in [0.3, 0.4) is 0 Å². The van der Waals surface area contributed by atoms with E-state index in [1.165, 1.54) is 0 Å². The molecular weight excluding hydrogens is 367 g/mol. The molecule has 0 spiro atoms. The Kier molecular flexibility index (Phi) is 5.11. The van der Waals surface area contributed by atoms with Gasteiger partial charge in [-0.15, -0.1) is 0 Å². The van der Waals surface area contributed by atoms with Crippen molar-refractivity contribution >= 4 is 28.4 Å². The average molecular weight is 384 g/mol. The molecule has 0 unspecified atom stereocenters. The molecule has 0 radical (unpaired) electrons. The molecule has 106 valence electrons. The molecule has 0 aliphatic carbocycles. The van der Waals surface area contributed by atoms with Crippen molar-refractivity contribution in [1.82, 2.24) is 14.5 Å². The number of aromatic nitrogens is 3. The highest BCUT2D eigenvalue weighted by Crippen LogP contribution is 2.07. The summed E-state index contributed by atoms with van der Waals surface area (Å²) in [6.07, 6.45) is 2.62. The molecule has 5 nitrogen and oxygen atoms in total. The fraction of sp³-hybridized carbons (Fsp3) is 0.357. The van der Waals surface area contributed by atoms with Gasteiger partial charge in [0.05, 0.1) is 27.8 Å². The van der Waals surface area contributed by atoms with Crippen molar-refractivity contribution < 1.29 is 0 Å². The predicted molar refractivity (Wildman–Crippen MR) is 88.1 cm³/mol. The Labute approximate surface area is 131 Å². The first kappa shape index (κ1) is 15.0. The van der Waals surface area contributed by atoms with Gasteiger partial charge in [-0.25, -0.2) is 9.97 Å². The maximum atomic E-state index is 12.1. The number of aryl methyl sites for hydroxylation is 1. The minimum absolute atomic E-state index is 0.0215. The predicted octanol–water partition coefficient (Wildman–Crippen LogP) is 2.42. The molecule has 0 aliphatic rings. The smallest absolute Gasteiger partial charge is 0.267 e. The Morgan fingerprint density at radius 2 is 2.20 bits per heavy atom. The number of hydrogen-bond donors (Lipinski definition) is 1. The summed E-state index contributed by atoms with van der Waals surface area (Å²) in [6, 6.07) is 5.79. The molecule has 2 aromatic rings. The molecule has 0 fully saturated rings. The minimum atomic E-state index is -0.0215. The fourth-order valence-electron chi connectivity index (χ4n) is 1.75. The van der Waals surface area contributed by atoms with Crippen LogP contribution in [0.1, 0.15) is 24.7 Å². The summed E-state index contributed by atoms with van der Waals surface area (Å²) in [5.41, 5.74) is 1.58. The third kappa shape index (κ3) is 3.56. The van der Waals surface area contributed by atoms with Crippen molar-refractivity contribution in [1.29, 1.82) is 0 Å². The van der Waals surface area contributed by atoms with Gasteiger partial charge in [-0.2, -0.15) is 0 Å². The van der Waals surface area contributed by atoms with E-state index in [1.54, 1.807) is 10.9 Å². The second kappa shape index (κ2) is 6.83. The van der Waals surface area contributed by atoms with E-state index in [1.807, 2.05) is 47.7 Å². The van der Waals surface area contributed by atoms with Crippen molar-refractivity contribution in [2.45, 2.75) is 26.8 Å². The molecule has 0 saturated carbocycles. The van der Waals surface area contributed by atoms with Crippen molar-refractivity contribution in [3.63, 3.8) is 0 Å². The number of halogens is 1.